The van der Waals surface area contributed by atoms with Crippen molar-refractivity contribution in [3.63, 3.8) is 0 Å². The zero-order valence-corrected chi connectivity index (χ0v) is 13.4. The number of nitro groups is 1. The van der Waals surface area contributed by atoms with E-state index in [2.05, 4.69) is 5.43 Å². The lowest BCUT2D eigenvalue weighted by Crippen LogP contribution is -2.35. The zero-order chi connectivity index (χ0) is 19.1. The third kappa shape index (κ3) is 3.28. The molecule has 11 heteroatoms. The van der Waals surface area contributed by atoms with Crippen LogP contribution in [0, 0.1) is 10.1 Å². The molecule has 2 aromatic rings. The second-order valence-corrected chi connectivity index (χ2v) is 6.21. The minimum Gasteiger partial charge on any atom is -0.267 e. The van der Waals surface area contributed by atoms with Gasteiger partial charge in [-0.25, -0.2) is 5.01 Å². The number of nitrogens with one attached hydrogen (secondary N) is 1. The molecule has 1 aromatic heterocycles. The predicted octanol–water partition coefficient (Wildman–Crippen LogP) is 3.14. The van der Waals surface area contributed by atoms with Crippen molar-refractivity contribution in [3.8, 4) is 0 Å². The molecule has 134 valence electrons. The van der Waals surface area contributed by atoms with E-state index in [9.17, 15) is 32.9 Å². The van der Waals surface area contributed by atoms with Crippen molar-refractivity contribution in [2.75, 3.05) is 5.01 Å². The van der Waals surface area contributed by atoms with Gasteiger partial charge in [0.15, 0.2) is 0 Å². The molecule has 1 fully saturated rings. The summed E-state index contributed by atoms with van der Waals surface area (Å²) in [4.78, 5) is 34.7. The number of thiophene rings is 1. The van der Waals surface area contributed by atoms with Crippen LogP contribution in [0.4, 0.5) is 23.9 Å². The Kier molecular flexibility index (Phi) is 4.24. The lowest BCUT2D eigenvalue weighted by atomic mass is 10.1. The van der Waals surface area contributed by atoms with Gasteiger partial charge in [-0.15, -0.1) is 0 Å². The molecule has 0 saturated carbocycles. The second kappa shape index (κ2) is 6.26. The Morgan fingerprint density at radius 3 is 2.54 bits per heavy atom. The average molecular weight is 383 g/mol. The van der Waals surface area contributed by atoms with Crippen molar-refractivity contribution in [2.45, 2.75) is 6.18 Å². The van der Waals surface area contributed by atoms with E-state index in [1.54, 1.807) is 0 Å². The molecule has 1 aromatic carbocycles. The van der Waals surface area contributed by atoms with Crippen molar-refractivity contribution < 1.29 is 27.7 Å². The highest BCUT2D eigenvalue weighted by Gasteiger charge is 2.36. The zero-order valence-electron chi connectivity index (χ0n) is 12.6. The van der Waals surface area contributed by atoms with Crippen LogP contribution in [0.15, 0.2) is 42.0 Å². The van der Waals surface area contributed by atoms with E-state index < -0.39 is 28.5 Å². The molecule has 1 N–H and O–H groups in total. The van der Waals surface area contributed by atoms with Gasteiger partial charge in [-0.2, -0.15) is 13.2 Å². The van der Waals surface area contributed by atoms with Crippen molar-refractivity contribution in [1.29, 1.82) is 0 Å². The number of hydrogen-bond acceptors (Lipinski definition) is 5. The summed E-state index contributed by atoms with van der Waals surface area (Å²) < 4.78 is 38.4. The number of amides is 2. The molecular formula is C15H8F3N3O4S. The molecule has 1 aliphatic heterocycles. The van der Waals surface area contributed by atoms with Crippen LogP contribution in [0.25, 0.3) is 6.08 Å². The second-order valence-electron chi connectivity index (χ2n) is 5.12. The summed E-state index contributed by atoms with van der Waals surface area (Å²) >= 11 is 0.760. The highest BCUT2D eigenvalue weighted by atomic mass is 32.1. The predicted molar refractivity (Wildman–Crippen MR) is 86.0 cm³/mol. The third-order valence-corrected chi connectivity index (χ3v) is 4.39. The minimum atomic E-state index is -4.60. The van der Waals surface area contributed by atoms with Gasteiger partial charge >= 0.3 is 11.2 Å². The van der Waals surface area contributed by atoms with E-state index >= 15 is 0 Å². The maximum Gasteiger partial charge on any atom is 0.416 e. The number of alkyl halides is 3. The van der Waals surface area contributed by atoms with E-state index in [0.717, 1.165) is 35.6 Å². The molecule has 0 atom stereocenters. The molecule has 0 aliphatic carbocycles. The number of carbonyl (C=O) groups is 2. The number of carbonyl (C=O) groups excluding carboxylic acids is 2. The van der Waals surface area contributed by atoms with E-state index in [4.69, 9.17) is 0 Å². The van der Waals surface area contributed by atoms with Crippen molar-refractivity contribution >= 4 is 39.9 Å². The average Bonchev–Trinajstić information content (AvgIpc) is 3.15. The largest absolute Gasteiger partial charge is 0.416 e. The Labute approximate surface area is 147 Å². The molecule has 26 heavy (non-hydrogen) atoms. The summed E-state index contributed by atoms with van der Waals surface area (Å²) in [6.07, 6.45) is -3.44. The highest BCUT2D eigenvalue weighted by Crippen LogP contribution is 2.33. The van der Waals surface area contributed by atoms with Gasteiger partial charge < -0.3 is 0 Å². The number of halogens is 3. The molecule has 0 radical (unpaired) electrons. The van der Waals surface area contributed by atoms with Crippen LogP contribution < -0.4 is 10.4 Å². The summed E-state index contributed by atoms with van der Waals surface area (Å²) in [5.74, 6) is -1.67. The topological polar surface area (TPSA) is 92.6 Å². The molecule has 0 bridgehead atoms. The van der Waals surface area contributed by atoms with Crippen molar-refractivity contribution in [3.05, 3.63) is 62.5 Å². The first-order valence-electron chi connectivity index (χ1n) is 6.95. The Hall–Kier alpha value is -3.21. The van der Waals surface area contributed by atoms with Crippen molar-refractivity contribution in [2.24, 2.45) is 0 Å². The summed E-state index contributed by atoms with van der Waals surface area (Å²) in [6, 6.07) is 6.51. The molecule has 0 unspecified atom stereocenters. The monoisotopic (exact) mass is 383 g/mol. The van der Waals surface area contributed by atoms with E-state index in [1.807, 2.05) is 0 Å². The quantitative estimate of drug-likeness (QED) is 0.381. The van der Waals surface area contributed by atoms with Crippen LogP contribution in [0.1, 0.15) is 10.4 Å². The Balaban J connectivity index is 1.92. The summed E-state index contributed by atoms with van der Waals surface area (Å²) in [5, 5.41) is 11.2. The molecular weight excluding hydrogens is 375 g/mol. The van der Waals surface area contributed by atoms with Crippen LogP contribution in [-0.4, -0.2) is 16.7 Å². The number of hydrazine groups is 1. The van der Waals surface area contributed by atoms with Crippen LogP contribution in [0.5, 0.6) is 0 Å². The van der Waals surface area contributed by atoms with Gasteiger partial charge in [-0.05, 0) is 30.3 Å². The molecule has 7 nitrogen and oxygen atoms in total. The fraction of sp³-hybridized carbons (Fsp3) is 0.0667. The third-order valence-electron chi connectivity index (χ3n) is 3.40. The number of benzene rings is 1. The summed E-state index contributed by atoms with van der Waals surface area (Å²) in [7, 11) is 0. The number of hydrogen-bond donors (Lipinski definition) is 1. The SMILES string of the molecule is O=C1NN(c2cccc(C(F)(F)F)c2)C(=O)/C1=C\c1ccc([N+](=O)[O-])s1. The van der Waals surface area contributed by atoms with Gasteiger partial charge in [0.2, 0.25) is 0 Å². The van der Waals surface area contributed by atoms with Gasteiger partial charge in [0, 0.05) is 10.9 Å². The van der Waals surface area contributed by atoms with Gasteiger partial charge in [0.05, 0.1) is 16.2 Å². The molecule has 1 aliphatic rings. The Morgan fingerprint density at radius 2 is 1.92 bits per heavy atom. The van der Waals surface area contributed by atoms with Gasteiger partial charge in [-0.1, -0.05) is 17.4 Å². The first kappa shape index (κ1) is 17.6. The summed E-state index contributed by atoms with van der Waals surface area (Å²) in [6.45, 7) is 0. The van der Waals surface area contributed by atoms with Crippen LogP contribution in [0.2, 0.25) is 0 Å². The van der Waals surface area contributed by atoms with Crippen LogP contribution in [0.3, 0.4) is 0 Å². The number of anilines is 1. The molecule has 3 rings (SSSR count). The molecule has 2 amide bonds. The fourth-order valence-corrected chi connectivity index (χ4v) is 2.99. The fourth-order valence-electron chi connectivity index (χ4n) is 2.22. The van der Waals surface area contributed by atoms with Crippen LogP contribution >= 0.6 is 11.3 Å². The highest BCUT2D eigenvalue weighted by molar-refractivity contribution is 7.16. The first-order valence-corrected chi connectivity index (χ1v) is 7.77. The van der Waals surface area contributed by atoms with E-state index in [1.165, 1.54) is 18.2 Å². The molecule has 1 saturated heterocycles. The first-order chi connectivity index (χ1) is 12.2. The maximum absolute atomic E-state index is 12.8. The van der Waals surface area contributed by atoms with Gasteiger partial charge in [-0.3, -0.25) is 25.1 Å². The lowest BCUT2D eigenvalue weighted by Gasteiger charge is -2.16. The maximum atomic E-state index is 12.8. The number of nitrogens with zero attached hydrogens (tertiary/aromatic N) is 2. The Bertz CT molecular complexity index is 952. The van der Waals surface area contributed by atoms with Crippen molar-refractivity contribution in [1.82, 2.24) is 5.43 Å². The van der Waals surface area contributed by atoms with Crippen LogP contribution in [-0.2, 0) is 15.8 Å². The summed E-state index contributed by atoms with van der Waals surface area (Å²) in [5.41, 5.74) is 0.721. The Morgan fingerprint density at radius 1 is 1.19 bits per heavy atom. The minimum absolute atomic E-state index is 0.154. The normalized spacial score (nSPS) is 16.3. The van der Waals surface area contributed by atoms with Gasteiger partial charge in [0.25, 0.3) is 11.8 Å². The lowest BCUT2D eigenvalue weighted by molar-refractivity contribution is -0.380. The van der Waals surface area contributed by atoms with Gasteiger partial charge in [0.1, 0.15) is 5.57 Å². The molecule has 0 spiro atoms. The smallest absolute Gasteiger partial charge is 0.267 e. The van der Waals surface area contributed by atoms with E-state index in [-0.39, 0.29) is 16.3 Å². The standard InChI is InChI=1S/C15H8F3N3O4S/c16-15(17,18)8-2-1-3-9(6-8)20-14(23)11(13(22)19-20)7-10-4-5-12(26-10)21(24)25/h1-7H,(H,19,22)/b11-7-. The number of rotatable bonds is 3. The van der Waals surface area contributed by atoms with E-state index in [0.29, 0.717) is 9.89 Å². The molecule has 2 heterocycles.